The van der Waals surface area contributed by atoms with E-state index in [2.05, 4.69) is 5.32 Å². The summed E-state index contributed by atoms with van der Waals surface area (Å²) in [5.74, 6) is -1.47. The van der Waals surface area contributed by atoms with Crippen molar-refractivity contribution in [3.63, 3.8) is 0 Å². The second-order valence-corrected chi connectivity index (χ2v) is 8.98. The number of nitrogens with zero attached hydrogens (tertiary/aromatic N) is 4. The molecule has 0 spiro atoms. The summed E-state index contributed by atoms with van der Waals surface area (Å²) < 4.78 is 33.6. The number of likely N-dealkylation sites (tertiary alicyclic amines) is 1. The van der Waals surface area contributed by atoms with Crippen LogP contribution in [0.5, 0.6) is 0 Å². The van der Waals surface area contributed by atoms with E-state index in [0.717, 1.165) is 53.7 Å². The fourth-order valence-electron chi connectivity index (χ4n) is 3.73. The fourth-order valence-corrected chi connectivity index (χ4v) is 4.42. The molecule has 1 fully saturated rings. The molecule has 1 aromatic carbocycles. The number of pyridine rings is 1. The highest BCUT2D eigenvalue weighted by atomic mass is 32.1. The summed E-state index contributed by atoms with van der Waals surface area (Å²) in [6.45, 7) is 1.50. The number of rotatable bonds is 4. The van der Waals surface area contributed by atoms with E-state index in [1.165, 1.54) is 11.3 Å². The van der Waals surface area contributed by atoms with Crippen molar-refractivity contribution in [3.8, 4) is 0 Å². The van der Waals surface area contributed by atoms with Gasteiger partial charge >= 0.3 is 12.1 Å². The molecule has 1 amide bonds. The van der Waals surface area contributed by atoms with E-state index in [0.29, 0.717) is 0 Å². The smallest absolute Gasteiger partial charge is 0.475 e. The third-order valence-electron chi connectivity index (χ3n) is 5.53. The third-order valence-corrected chi connectivity index (χ3v) is 6.39. The predicted molar refractivity (Wildman–Crippen MR) is 129 cm³/mol. The van der Waals surface area contributed by atoms with Crippen LogP contribution >= 0.6 is 11.3 Å². The van der Waals surface area contributed by atoms with Crippen LogP contribution in [0.1, 0.15) is 34.3 Å². The second kappa shape index (κ2) is 10.8. The number of alkyl halides is 3. The first-order valence-electron chi connectivity index (χ1n) is 11.0. The van der Waals surface area contributed by atoms with E-state index in [4.69, 9.17) is 20.0 Å². The van der Waals surface area contributed by atoms with E-state index in [1.54, 1.807) is 0 Å². The van der Waals surface area contributed by atoms with E-state index in [-0.39, 0.29) is 11.8 Å². The molecule has 3 aromatic heterocycles. The van der Waals surface area contributed by atoms with Gasteiger partial charge in [-0.1, -0.05) is 24.3 Å². The van der Waals surface area contributed by atoms with Crippen molar-refractivity contribution in [1.29, 1.82) is 0 Å². The quantitative estimate of drug-likeness (QED) is 0.387. The minimum atomic E-state index is -5.08. The summed E-state index contributed by atoms with van der Waals surface area (Å²) in [6, 6.07) is 17.9. The van der Waals surface area contributed by atoms with Gasteiger partial charge in [0.05, 0.1) is 16.8 Å². The van der Waals surface area contributed by atoms with Gasteiger partial charge in [-0.15, -0.1) is 11.3 Å². The number of halogens is 3. The molecular formula is C24H22F3N5O3S. The van der Waals surface area contributed by atoms with Crippen molar-refractivity contribution >= 4 is 40.2 Å². The summed E-state index contributed by atoms with van der Waals surface area (Å²) in [5.41, 5.74) is 2.85. The Hall–Kier alpha value is -3.93. The molecule has 2 N–H and O–H groups in total. The molecular weight excluding hydrogens is 495 g/mol. The van der Waals surface area contributed by atoms with E-state index < -0.39 is 12.1 Å². The Balaban J connectivity index is 0.000000384. The van der Waals surface area contributed by atoms with Crippen LogP contribution in [-0.4, -0.2) is 55.7 Å². The average molecular weight is 518 g/mol. The van der Waals surface area contributed by atoms with Gasteiger partial charge in [0.1, 0.15) is 0 Å². The fraction of sp³-hybridized carbons (Fsp3) is 0.250. The lowest BCUT2D eigenvalue weighted by Gasteiger charge is -2.30. The lowest BCUT2D eigenvalue weighted by molar-refractivity contribution is -0.192. The second-order valence-electron chi connectivity index (χ2n) is 8.03. The number of benzene rings is 1. The van der Waals surface area contributed by atoms with Gasteiger partial charge < -0.3 is 15.3 Å². The van der Waals surface area contributed by atoms with Gasteiger partial charge in [0, 0.05) is 24.7 Å². The van der Waals surface area contributed by atoms with Gasteiger partial charge in [-0.3, -0.25) is 4.79 Å². The van der Waals surface area contributed by atoms with E-state index in [9.17, 15) is 18.0 Å². The van der Waals surface area contributed by atoms with Gasteiger partial charge in [-0.05, 0) is 48.6 Å². The van der Waals surface area contributed by atoms with Crippen molar-refractivity contribution in [2.45, 2.75) is 24.9 Å². The van der Waals surface area contributed by atoms with Crippen molar-refractivity contribution in [1.82, 2.24) is 19.5 Å². The Morgan fingerprint density at radius 3 is 2.31 bits per heavy atom. The number of aliphatic carboxylic acids is 1. The van der Waals surface area contributed by atoms with Crippen molar-refractivity contribution < 1.29 is 27.9 Å². The molecule has 188 valence electrons. The van der Waals surface area contributed by atoms with E-state index in [1.807, 2.05) is 75.6 Å². The molecule has 0 saturated carbocycles. The van der Waals surface area contributed by atoms with Crippen molar-refractivity contribution in [2.24, 2.45) is 0 Å². The minimum Gasteiger partial charge on any atom is -0.475 e. The number of carboxylic acids is 1. The van der Waals surface area contributed by atoms with E-state index >= 15 is 0 Å². The summed E-state index contributed by atoms with van der Waals surface area (Å²) in [6.07, 6.45) is -1.33. The maximum absolute atomic E-state index is 12.5. The van der Waals surface area contributed by atoms with Crippen LogP contribution < -0.4 is 5.32 Å². The number of thiophene rings is 1. The summed E-state index contributed by atoms with van der Waals surface area (Å²) in [5, 5.41) is 17.2. The molecule has 0 aliphatic carbocycles. The number of para-hydroxylation sites is 1. The Kier molecular flexibility index (Phi) is 7.53. The van der Waals surface area contributed by atoms with Gasteiger partial charge in [-0.25, -0.2) is 14.3 Å². The summed E-state index contributed by atoms with van der Waals surface area (Å²) in [7, 11) is 0. The number of hydrogen-bond donors (Lipinski definition) is 2. The third kappa shape index (κ3) is 6.19. The van der Waals surface area contributed by atoms with Crippen LogP contribution in [0.15, 0.2) is 66.2 Å². The molecule has 1 aliphatic heterocycles. The Morgan fingerprint density at radius 2 is 1.69 bits per heavy atom. The Labute approximate surface area is 208 Å². The molecule has 5 rings (SSSR count). The first kappa shape index (κ1) is 25.2. The van der Waals surface area contributed by atoms with Crippen molar-refractivity contribution in [3.05, 3.63) is 76.9 Å². The number of hydrogen-bond acceptors (Lipinski definition) is 6. The zero-order valence-electron chi connectivity index (χ0n) is 18.9. The predicted octanol–water partition coefficient (Wildman–Crippen LogP) is 5.19. The maximum atomic E-state index is 12.5. The standard InChI is InChI=1S/C22H21N5OS.C2HF3O2/c28-22(19-7-4-14-29-19)26-12-10-16(11-13-26)21-24-20-9-8-18(15-27(20)25-21)23-17-5-2-1-3-6-17;3-2(4,5)1(6)7/h1-9,14-16,23H,10-13H2;(H,6,7). The monoisotopic (exact) mass is 517 g/mol. The highest BCUT2D eigenvalue weighted by Crippen LogP contribution is 2.28. The highest BCUT2D eigenvalue weighted by Gasteiger charge is 2.38. The van der Waals surface area contributed by atoms with Crippen LogP contribution in [-0.2, 0) is 4.79 Å². The van der Waals surface area contributed by atoms with Gasteiger partial charge in [0.15, 0.2) is 11.5 Å². The number of amides is 1. The molecule has 1 aliphatic rings. The van der Waals surface area contributed by atoms with Gasteiger partial charge in [0.2, 0.25) is 0 Å². The summed E-state index contributed by atoms with van der Waals surface area (Å²) >= 11 is 1.50. The molecule has 0 bridgehead atoms. The number of carboxylic acid groups (broad SMARTS) is 1. The molecule has 36 heavy (non-hydrogen) atoms. The molecule has 4 aromatic rings. The number of carbonyl (C=O) groups excluding carboxylic acids is 1. The van der Waals surface area contributed by atoms with Crippen LogP contribution in [0.4, 0.5) is 24.5 Å². The van der Waals surface area contributed by atoms with Gasteiger partial charge in [0.25, 0.3) is 5.91 Å². The first-order valence-corrected chi connectivity index (χ1v) is 11.9. The van der Waals surface area contributed by atoms with Crippen LogP contribution in [0.25, 0.3) is 5.65 Å². The van der Waals surface area contributed by atoms with Gasteiger partial charge in [-0.2, -0.15) is 18.3 Å². The number of fused-ring (bicyclic) bond motifs is 1. The number of nitrogens with one attached hydrogen (secondary N) is 1. The zero-order valence-corrected chi connectivity index (χ0v) is 19.7. The molecule has 8 nitrogen and oxygen atoms in total. The highest BCUT2D eigenvalue weighted by molar-refractivity contribution is 7.12. The lowest BCUT2D eigenvalue weighted by atomic mass is 9.96. The number of carbonyl (C=O) groups is 2. The Morgan fingerprint density at radius 1 is 1.00 bits per heavy atom. The van der Waals surface area contributed by atoms with Crippen LogP contribution in [0.3, 0.4) is 0 Å². The molecule has 0 atom stereocenters. The molecule has 1 saturated heterocycles. The average Bonchev–Trinajstić information content (AvgIpc) is 3.54. The molecule has 0 unspecified atom stereocenters. The topological polar surface area (TPSA) is 99.8 Å². The van der Waals surface area contributed by atoms with Crippen molar-refractivity contribution in [2.75, 3.05) is 18.4 Å². The maximum Gasteiger partial charge on any atom is 0.490 e. The number of piperidine rings is 1. The first-order chi connectivity index (χ1) is 17.2. The molecule has 4 heterocycles. The number of anilines is 2. The van der Waals surface area contributed by atoms with Crippen LogP contribution in [0, 0.1) is 0 Å². The Bertz CT molecular complexity index is 1320. The molecule has 0 radical (unpaired) electrons. The van der Waals surface area contributed by atoms with Crippen LogP contribution in [0.2, 0.25) is 0 Å². The number of aromatic nitrogens is 3. The largest absolute Gasteiger partial charge is 0.490 e. The minimum absolute atomic E-state index is 0.137. The summed E-state index contributed by atoms with van der Waals surface area (Å²) in [4.78, 5) is 28.9. The SMILES string of the molecule is O=C(O)C(F)(F)F.O=C(c1cccs1)N1CCC(c2nc3ccc(Nc4ccccc4)cn3n2)CC1. The zero-order chi connectivity index (χ0) is 25.7. The normalized spacial score (nSPS) is 14.2. The molecule has 12 heteroatoms. The lowest BCUT2D eigenvalue weighted by Crippen LogP contribution is -2.37.